The Morgan fingerprint density at radius 2 is 1.92 bits per heavy atom. The molecule has 3 aromatic carbocycles. The van der Waals surface area contributed by atoms with E-state index in [9.17, 15) is 15.2 Å². The normalized spacial score (nSPS) is 13.6. The summed E-state index contributed by atoms with van der Waals surface area (Å²) in [6.45, 7) is 7.78. The molecule has 1 saturated heterocycles. The van der Waals surface area contributed by atoms with E-state index in [0.29, 0.717) is 29.4 Å². The molecule has 0 aliphatic carbocycles. The molecule has 2 heterocycles. The van der Waals surface area contributed by atoms with Crippen LogP contribution in [0, 0.1) is 11.3 Å². The van der Waals surface area contributed by atoms with Crippen LogP contribution >= 0.6 is 0 Å². The SMILES string of the molecule is C=CC(=O)Nc1cccc(-c2cccc3cnc(Nc4ccc(N5CCN(CCO)CC5)cc4C#N)nc23)c1. The first-order valence-electron chi connectivity index (χ1n) is 12.8. The average Bonchev–Trinajstić information content (AvgIpc) is 2.97. The van der Waals surface area contributed by atoms with E-state index < -0.39 is 0 Å². The Kier molecular flexibility index (Phi) is 7.78. The summed E-state index contributed by atoms with van der Waals surface area (Å²) < 4.78 is 0. The van der Waals surface area contributed by atoms with Gasteiger partial charge in [0.1, 0.15) is 6.07 Å². The summed E-state index contributed by atoms with van der Waals surface area (Å²) in [4.78, 5) is 25.5. The first-order chi connectivity index (χ1) is 19.1. The molecule has 1 amide bonds. The van der Waals surface area contributed by atoms with Gasteiger partial charge in [0, 0.05) is 61.2 Å². The molecule has 3 N–H and O–H groups in total. The van der Waals surface area contributed by atoms with Crippen molar-refractivity contribution in [3.8, 4) is 17.2 Å². The number of nitriles is 1. The van der Waals surface area contributed by atoms with Crippen molar-refractivity contribution in [1.29, 1.82) is 5.26 Å². The summed E-state index contributed by atoms with van der Waals surface area (Å²) in [5.74, 6) is 0.107. The second-order valence-corrected chi connectivity index (χ2v) is 9.23. The molecule has 196 valence electrons. The number of carbonyl (C=O) groups excluding carboxylic acids is 1. The van der Waals surface area contributed by atoms with Crippen LogP contribution < -0.4 is 15.5 Å². The molecule has 4 aromatic rings. The summed E-state index contributed by atoms with van der Waals surface area (Å²) >= 11 is 0. The number of nitrogens with one attached hydrogen (secondary N) is 2. The quantitative estimate of drug-likeness (QED) is 0.297. The van der Waals surface area contributed by atoms with E-state index in [0.717, 1.165) is 53.9 Å². The van der Waals surface area contributed by atoms with Gasteiger partial charge < -0.3 is 20.6 Å². The minimum absolute atomic E-state index is 0.164. The fourth-order valence-corrected chi connectivity index (χ4v) is 4.73. The van der Waals surface area contributed by atoms with Gasteiger partial charge in [0.2, 0.25) is 11.9 Å². The molecule has 0 atom stereocenters. The number of benzene rings is 3. The maximum Gasteiger partial charge on any atom is 0.247 e. The van der Waals surface area contributed by atoms with Crippen LogP contribution in [-0.2, 0) is 4.79 Å². The number of piperazine rings is 1. The van der Waals surface area contributed by atoms with Gasteiger partial charge in [-0.25, -0.2) is 9.97 Å². The fourth-order valence-electron chi connectivity index (χ4n) is 4.73. The molecule has 0 radical (unpaired) electrons. The first-order valence-corrected chi connectivity index (χ1v) is 12.8. The summed E-state index contributed by atoms with van der Waals surface area (Å²) in [5.41, 5.74) is 5.33. The lowest BCUT2D eigenvalue weighted by Gasteiger charge is -2.36. The Hall–Kier alpha value is -4.78. The third-order valence-corrected chi connectivity index (χ3v) is 6.76. The molecule has 1 aliphatic heterocycles. The molecule has 1 fully saturated rings. The van der Waals surface area contributed by atoms with Crippen molar-refractivity contribution >= 4 is 39.8 Å². The summed E-state index contributed by atoms with van der Waals surface area (Å²) in [7, 11) is 0. The molecule has 0 saturated carbocycles. The monoisotopic (exact) mass is 519 g/mol. The van der Waals surface area contributed by atoms with Crippen molar-refractivity contribution in [2.45, 2.75) is 0 Å². The number of hydrogen-bond acceptors (Lipinski definition) is 8. The molecule has 0 unspecified atom stereocenters. The van der Waals surface area contributed by atoms with Gasteiger partial charge in [-0.2, -0.15) is 5.26 Å². The number of aliphatic hydroxyl groups is 1. The molecule has 1 aliphatic rings. The lowest BCUT2D eigenvalue weighted by atomic mass is 10.0. The Morgan fingerprint density at radius 3 is 2.69 bits per heavy atom. The lowest BCUT2D eigenvalue weighted by molar-refractivity contribution is -0.111. The highest BCUT2D eigenvalue weighted by atomic mass is 16.3. The third kappa shape index (κ3) is 5.88. The van der Waals surface area contributed by atoms with E-state index in [1.54, 1.807) is 6.20 Å². The van der Waals surface area contributed by atoms with Gasteiger partial charge in [0.25, 0.3) is 0 Å². The van der Waals surface area contributed by atoms with Crippen molar-refractivity contribution < 1.29 is 9.90 Å². The van der Waals surface area contributed by atoms with E-state index in [2.05, 4.69) is 38.1 Å². The molecular formula is C30H29N7O2. The Labute approximate surface area is 227 Å². The highest BCUT2D eigenvalue weighted by Gasteiger charge is 2.18. The minimum Gasteiger partial charge on any atom is -0.395 e. The second kappa shape index (κ2) is 11.7. The number of rotatable bonds is 8. The topological polar surface area (TPSA) is 117 Å². The van der Waals surface area contributed by atoms with Crippen LogP contribution in [0.25, 0.3) is 22.0 Å². The van der Waals surface area contributed by atoms with Gasteiger partial charge in [-0.05, 0) is 42.0 Å². The maximum atomic E-state index is 11.8. The molecule has 1 aromatic heterocycles. The van der Waals surface area contributed by atoms with Crippen LogP contribution in [-0.4, -0.2) is 65.2 Å². The number of fused-ring (bicyclic) bond motifs is 1. The van der Waals surface area contributed by atoms with E-state index in [4.69, 9.17) is 4.98 Å². The Bertz CT molecular complexity index is 1550. The second-order valence-electron chi connectivity index (χ2n) is 9.23. The van der Waals surface area contributed by atoms with E-state index in [1.165, 1.54) is 6.08 Å². The van der Waals surface area contributed by atoms with Crippen molar-refractivity contribution in [3.63, 3.8) is 0 Å². The standard InChI is InChI=1S/C30H29N7O2/c1-2-28(39)33-24-7-3-5-21(17-24)26-8-4-6-22-20-32-30(35-29(22)26)34-27-10-9-25(18-23(27)19-31)37-13-11-36(12-14-37)15-16-38/h2-10,17-18,20,38H,1,11-16H2,(H,33,39)(H,32,34,35). The van der Waals surface area contributed by atoms with Crippen molar-refractivity contribution in [3.05, 3.63) is 85.1 Å². The van der Waals surface area contributed by atoms with Crippen LogP contribution in [0.2, 0.25) is 0 Å². The minimum atomic E-state index is -0.276. The number of anilines is 4. The maximum absolute atomic E-state index is 11.8. The van der Waals surface area contributed by atoms with Crippen LogP contribution in [0.15, 0.2) is 79.5 Å². The molecular weight excluding hydrogens is 490 g/mol. The van der Waals surface area contributed by atoms with E-state index in [1.807, 2.05) is 60.7 Å². The summed E-state index contributed by atoms with van der Waals surface area (Å²) in [6, 6.07) is 21.5. The predicted molar refractivity (Wildman–Crippen MR) is 154 cm³/mol. The molecule has 5 rings (SSSR count). The first kappa shape index (κ1) is 25.9. The summed E-state index contributed by atoms with van der Waals surface area (Å²) in [5, 5.41) is 25.9. The van der Waals surface area contributed by atoms with Crippen LogP contribution in [0.3, 0.4) is 0 Å². The zero-order valence-electron chi connectivity index (χ0n) is 21.5. The Balaban J connectivity index is 1.40. The highest BCUT2D eigenvalue weighted by Crippen LogP contribution is 2.31. The average molecular weight is 520 g/mol. The smallest absolute Gasteiger partial charge is 0.247 e. The number of para-hydroxylation sites is 1. The Morgan fingerprint density at radius 1 is 1.10 bits per heavy atom. The number of β-amino-alcohol motifs (C(OH)–C–C–N with tert-alkyl or cyclic N) is 1. The fraction of sp³-hybridized carbons (Fsp3) is 0.200. The van der Waals surface area contributed by atoms with Gasteiger partial charge in [-0.1, -0.05) is 36.9 Å². The number of nitrogens with zero attached hydrogens (tertiary/aromatic N) is 5. The number of carbonyl (C=O) groups is 1. The van der Waals surface area contributed by atoms with Gasteiger partial charge in [-0.15, -0.1) is 0 Å². The molecule has 9 nitrogen and oxygen atoms in total. The lowest BCUT2D eigenvalue weighted by Crippen LogP contribution is -2.47. The molecule has 9 heteroatoms. The molecule has 0 bridgehead atoms. The molecule has 39 heavy (non-hydrogen) atoms. The van der Waals surface area contributed by atoms with Crippen molar-refractivity contribution in [2.24, 2.45) is 0 Å². The zero-order chi connectivity index (χ0) is 27.2. The van der Waals surface area contributed by atoms with Gasteiger partial charge in [0.15, 0.2) is 0 Å². The van der Waals surface area contributed by atoms with Crippen molar-refractivity contribution in [2.75, 3.05) is 54.9 Å². The number of amides is 1. The van der Waals surface area contributed by atoms with E-state index in [-0.39, 0.29) is 12.5 Å². The van der Waals surface area contributed by atoms with Gasteiger partial charge >= 0.3 is 0 Å². The predicted octanol–water partition coefficient (Wildman–Crippen LogP) is 4.15. The number of hydrogen-bond donors (Lipinski definition) is 3. The van der Waals surface area contributed by atoms with E-state index >= 15 is 0 Å². The van der Waals surface area contributed by atoms with Crippen LogP contribution in [0.1, 0.15) is 5.56 Å². The number of aliphatic hydroxyl groups excluding tert-OH is 1. The third-order valence-electron chi connectivity index (χ3n) is 6.76. The van der Waals surface area contributed by atoms with Crippen LogP contribution in [0.4, 0.5) is 23.0 Å². The molecule has 0 spiro atoms. The highest BCUT2D eigenvalue weighted by molar-refractivity contribution is 6.00. The number of aromatic nitrogens is 2. The largest absolute Gasteiger partial charge is 0.395 e. The zero-order valence-corrected chi connectivity index (χ0v) is 21.5. The van der Waals surface area contributed by atoms with Gasteiger partial charge in [0.05, 0.1) is 23.4 Å². The van der Waals surface area contributed by atoms with Crippen LogP contribution in [0.5, 0.6) is 0 Å². The van der Waals surface area contributed by atoms with Crippen molar-refractivity contribution in [1.82, 2.24) is 14.9 Å². The summed E-state index contributed by atoms with van der Waals surface area (Å²) in [6.07, 6.45) is 2.99. The van der Waals surface area contributed by atoms with Gasteiger partial charge in [-0.3, -0.25) is 9.69 Å².